The average Bonchev–Trinajstić information content (AvgIpc) is 3.62. The first-order chi connectivity index (χ1) is 15.7. The minimum Gasteiger partial charge on any atom is -0.369 e. The molecule has 5 heteroatoms. The summed E-state index contributed by atoms with van der Waals surface area (Å²) in [5, 5.41) is 3.83. The van der Waals surface area contributed by atoms with Crippen LogP contribution in [0.3, 0.4) is 0 Å². The molecule has 1 N–H and O–H groups in total. The molecular formula is C27H28ClN3O. The van der Waals surface area contributed by atoms with Crippen molar-refractivity contribution in [3.8, 4) is 0 Å². The van der Waals surface area contributed by atoms with E-state index in [2.05, 4.69) is 57.6 Å². The Labute approximate surface area is 194 Å². The largest absolute Gasteiger partial charge is 0.369 e. The molecule has 32 heavy (non-hydrogen) atoms. The maximum Gasteiger partial charge on any atom is 0.228 e. The van der Waals surface area contributed by atoms with Crippen LogP contribution in [0.5, 0.6) is 0 Å². The summed E-state index contributed by atoms with van der Waals surface area (Å²) in [4.78, 5) is 17.6. The SMILES string of the molecule is O=C(Nc1ccc(N2CCN(Cc3ccccc3)CC2)cc1)C1CC1c1ccccc1Cl. The summed E-state index contributed by atoms with van der Waals surface area (Å²) in [7, 11) is 0. The van der Waals surface area contributed by atoms with Gasteiger partial charge in [-0.15, -0.1) is 0 Å². The van der Waals surface area contributed by atoms with Crippen molar-refractivity contribution in [3.63, 3.8) is 0 Å². The van der Waals surface area contributed by atoms with Gasteiger partial charge in [0.1, 0.15) is 0 Å². The molecule has 0 aromatic heterocycles. The summed E-state index contributed by atoms with van der Waals surface area (Å²) in [5.74, 6) is 0.319. The highest BCUT2D eigenvalue weighted by Crippen LogP contribution is 2.50. The van der Waals surface area contributed by atoms with E-state index in [-0.39, 0.29) is 17.7 Å². The highest BCUT2D eigenvalue weighted by molar-refractivity contribution is 6.31. The Morgan fingerprint density at radius 1 is 0.875 bits per heavy atom. The Hall–Kier alpha value is -2.82. The van der Waals surface area contributed by atoms with Crippen LogP contribution in [0.4, 0.5) is 11.4 Å². The van der Waals surface area contributed by atoms with Gasteiger partial charge < -0.3 is 10.2 Å². The normalized spacial score (nSPS) is 20.7. The van der Waals surface area contributed by atoms with Crippen LogP contribution in [-0.4, -0.2) is 37.0 Å². The standard InChI is InChI=1S/C27H28ClN3O/c28-26-9-5-4-8-23(26)24-18-25(24)27(32)29-21-10-12-22(13-11-21)31-16-14-30(15-17-31)19-20-6-2-1-3-7-20/h1-13,24-25H,14-19H2,(H,29,32). The molecule has 3 aromatic rings. The molecule has 2 unspecified atom stereocenters. The van der Waals surface area contributed by atoms with Gasteiger partial charge in [-0.3, -0.25) is 9.69 Å². The molecule has 0 radical (unpaired) electrons. The smallest absolute Gasteiger partial charge is 0.228 e. The monoisotopic (exact) mass is 445 g/mol. The number of anilines is 2. The van der Waals surface area contributed by atoms with Gasteiger partial charge in [0.2, 0.25) is 5.91 Å². The number of hydrogen-bond acceptors (Lipinski definition) is 3. The Kier molecular flexibility index (Phi) is 6.15. The molecule has 164 valence electrons. The van der Waals surface area contributed by atoms with E-state index in [0.29, 0.717) is 0 Å². The zero-order valence-corrected chi connectivity index (χ0v) is 18.8. The van der Waals surface area contributed by atoms with Crippen LogP contribution in [0.25, 0.3) is 0 Å². The van der Waals surface area contributed by atoms with E-state index in [1.54, 1.807) is 0 Å². The first-order valence-corrected chi connectivity index (χ1v) is 11.7. The lowest BCUT2D eigenvalue weighted by Gasteiger charge is -2.36. The van der Waals surface area contributed by atoms with Gasteiger partial charge in [-0.2, -0.15) is 0 Å². The molecule has 1 saturated carbocycles. The van der Waals surface area contributed by atoms with Gasteiger partial charge in [0.05, 0.1) is 0 Å². The van der Waals surface area contributed by atoms with Crippen LogP contribution in [0.2, 0.25) is 5.02 Å². The predicted octanol–water partition coefficient (Wildman–Crippen LogP) is 5.40. The third-order valence-corrected chi connectivity index (χ3v) is 6.90. The van der Waals surface area contributed by atoms with E-state index in [1.807, 2.05) is 36.4 Å². The average molecular weight is 446 g/mol. The lowest BCUT2D eigenvalue weighted by molar-refractivity contribution is -0.117. The highest BCUT2D eigenvalue weighted by Gasteiger charge is 2.44. The number of nitrogens with zero attached hydrogens (tertiary/aromatic N) is 2. The fourth-order valence-electron chi connectivity index (χ4n) is 4.60. The zero-order valence-electron chi connectivity index (χ0n) is 18.1. The van der Waals surface area contributed by atoms with Gasteiger partial charge in [-0.1, -0.05) is 60.1 Å². The van der Waals surface area contributed by atoms with Gasteiger partial charge in [0, 0.05) is 55.0 Å². The minimum atomic E-state index is 0.00673. The number of amides is 1. The molecule has 1 aliphatic carbocycles. The molecular weight excluding hydrogens is 418 g/mol. The molecule has 3 aromatic carbocycles. The second-order valence-electron chi connectivity index (χ2n) is 8.76. The van der Waals surface area contributed by atoms with Crippen LogP contribution in [-0.2, 0) is 11.3 Å². The third-order valence-electron chi connectivity index (χ3n) is 6.55. The minimum absolute atomic E-state index is 0.00673. The van der Waals surface area contributed by atoms with Crippen molar-refractivity contribution < 1.29 is 4.79 Å². The summed E-state index contributed by atoms with van der Waals surface area (Å²) in [6.07, 6.45) is 0.862. The second-order valence-corrected chi connectivity index (χ2v) is 9.16. The predicted molar refractivity (Wildman–Crippen MR) is 131 cm³/mol. The van der Waals surface area contributed by atoms with Crippen molar-refractivity contribution in [2.24, 2.45) is 5.92 Å². The van der Waals surface area contributed by atoms with Crippen LogP contribution < -0.4 is 10.2 Å². The Bertz CT molecular complexity index is 1060. The molecule has 2 atom stereocenters. The van der Waals surface area contributed by atoms with Crippen LogP contribution in [0, 0.1) is 5.92 Å². The van der Waals surface area contributed by atoms with Crippen molar-refractivity contribution in [1.82, 2.24) is 4.90 Å². The number of benzene rings is 3. The zero-order chi connectivity index (χ0) is 21.9. The lowest BCUT2D eigenvalue weighted by atomic mass is 10.1. The van der Waals surface area contributed by atoms with Gasteiger partial charge in [0.15, 0.2) is 0 Å². The Morgan fingerprint density at radius 3 is 2.28 bits per heavy atom. The van der Waals surface area contributed by atoms with Crippen molar-refractivity contribution in [2.75, 3.05) is 36.4 Å². The van der Waals surface area contributed by atoms with E-state index in [0.717, 1.165) is 55.4 Å². The molecule has 5 rings (SSSR count). The molecule has 2 fully saturated rings. The number of carbonyl (C=O) groups excluding carboxylic acids is 1. The first kappa shape index (κ1) is 21.0. The van der Waals surface area contributed by atoms with Crippen molar-refractivity contribution in [1.29, 1.82) is 0 Å². The fourth-order valence-corrected chi connectivity index (χ4v) is 4.88. The van der Waals surface area contributed by atoms with Crippen LogP contribution >= 0.6 is 11.6 Å². The molecule has 1 aliphatic heterocycles. The lowest BCUT2D eigenvalue weighted by Crippen LogP contribution is -2.45. The van der Waals surface area contributed by atoms with E-state index in [4.69, 9.17) is 11.6 Å². The maximum absolute atomic E-state index is 12.7. The van der Waals surface area contributed by atoms with E-state index in [9.17, 15) is 4.79 Å². The quantitative estimate of drug-likeness (QED) is 0.551. The molecule has 1 heterocycles. The number of piperazine rings is 1. The number of hydrogen-bond donors (Lipinski definition) is 1. The topological polar surface area (TPSA) is 35.6 Å². The molecule has 1 amide bonds. The van der Waals surface area contributed by atoms with Crippen molar-refractivity contribution in [3.05, 3.63) is 95.0 Å². The molecule has 1 saturated heterocycles. The summed E-state index contributed by atoms with van der Waals surface area (Å²) in [6, 6.07) is 26.7. The molecule has 2 aliphatic rings. The number of rotatable bonds is 6. The highest BCUT2D eigenvalue weighted by atomic mass is 35.5. The van der Waals surface area contributed by atoms with E-state index < -0.39 is 0 Å². The van der Waals surface area contributed by atoms with E-state index >= 15 is 0 Å². The van der Waals surface area contributed by atoms with Gasteiger partial charge in [-0.25, -0.2) is 0 Å². The number of carbonyl (C=O) groups is 1. The van der Waals surface area contributed by atoms with Gasteiger partial charge in [-0.05, 0) is 53.8 Å². The molecule has 0 spiro atoms. The number of nitrogens with one attached hydrogen (secondary N) is 1. The van der Waals surface area contributed by atoms with Crippen molar-refractivity contribution in [2.45, 2.75) is 18.9 Å². The summed E-state index contributed by atoms with van der Waals surface area (Å²) in [6.45, 7) is 5.15. The van der Waals surface area contributed by atoms with Gasteiger partial charge >= 0.3 is 0 Å². The second kappa shape index (κ2) is 9.35. The third kappa shape index (κ3) is 4.82. The summed E-state index contributed by atoms with van der Waals surface area (Å²) < 4.78 is 0. The van der Waals surface area contributed by atoms with Gasteiger partial charge in [0.25, 0.3) is 0 Å². The van der Waals surface area contributed by atoms with Crippen LogP contribution in [0.15, 0.2) is 78.9 Å². The van der Waals surface area contributed by atoms with E-state index in [1.165, 1.54) is 11.3 Å². The maximum atomic E-state index is 12.7. The molecule has 4 nitrogen and oxygen atoms in total. The molecule has 0 bridgehead atoms. The Morgan fingerprint density at radius 2 is 1.56 bits per heavy atom. The first-order valence-electron chi connectivity index (χ1n) is 11.3. The number of halogens is 1. The Balaban J connectivity index is 1.12. The van der Waals surface area contributed by atoms with Crippen molar-refractivity contribution >= 4 is 28.9 Å². The summed E-state index contributed by atoms with van der Waals surface area (Å²) in [5.41, 5.74) is 4.51. The summed E-state index contributed by atoms with van der Waals surface area (Å²) >= 11 is 6.29. The fraction of sp³-hybridized carbons (Fsp3) is 0.296. The van der Waals surface area contributed by atoms with Crippen LogP contribution in [0.1, 0.15) is 23.5 Å².